The molecular formula is C20H28F3N3O4. The van der Waals surface area contributed by atoms with Gasteiger partial charge in [0.15, 0.2) is 0 Å². The van der Waals surface area contributed by atoms with Crippen molar-refractivity contribution in [1.29, 1.82) is 0 Å². The Morgan fingerprint density at radius 2 is 1.73 bits per heavy atom. The molecule has 0 aliphatic heterocycles. The maximum Gasteiger partial charge on any atom is 0.418 e. The van der Waals surface area contributed by atoms with E-state index in [0.29, 0.717) is 6.42 Å². The van der Waals surface area contributed by atoms with Gasteiger partial charge in [-0.3, -0.25) is 9.59 Å². The van der Waals surface area contributed by atoms with Crippen LogP contribution in [-0.2, 0) is 20.5 Å². The Bertz CT molecular complexity index is 746. The molecular weight excluding hydrogens is 403 g/mol. The first kappa shape index (κ1) is 25.3. The first-order chi connectivity index (χ1) is 13.8. The Hall–Kier alpha value is -2.78. The van der Waals surface area contributed by atoms with Gasteiger partial charge in [0.2, 0.25) is 11.8 Å². The van der Waals surface area contributed by atoms with Gasteiger partial charge in [-0.25, -0.2) is 4.79 Å². The van der Waals surface area contributed by atoms with Crippen LogP contribution in [0.4, 0.5) is 23.7 Å². The number of hydrogen-bond acceptors (Lipinski definition) is 4. The Morgan fingerprint density at radius 3 is 2.30 bits per heavy atom. The molecule has 0 saturated heterocycles. The highest BCUT2D eigenvalue weighted by Crippen LogP contribution is 2.34. The first-order valence-corrected chi connectivity index (χ1v) is 9.54. The maximum absolute atomic E-state index is 13.0. The molecule has 7 nitrogen and oxygen atoms in total. The van der Waals surface area contributed by atoms with Gasteiger partial charge in [-0.15, -0.1) is 0 Å². The monoisotopic (exact) mass is 431 g/mol. The molecule has 2 N–H and O–H groups in total. The lowest BCUT2D eigenvalue weighted by molar-refractivity contribution is -0.137. The normalized spacial score (nSPS) is 11.6. The number of para-hydroxylation sites is 1. The molecule has 1 aromatic rings. The molecule has 0 unspecified atom stereocenters. The molecule has 0 atom stereocenters. The summed E-state index contributed by atoms with van der Waals surface area (Å²) < 4.78 is 44.1. The average molecular weight is 431 g/mol. The Morgan fingerprint density at radius 1 is 1.10 bits per heavy atom. The van der Waals surface area contributed by atoms with E-state index in [1.807, 2.05) is 0 Å². The fourth-order valence-electron chi connectivity index (χ4n) is 2.48. The Balaban J connectivity index is 2.52. The fraction of sp³-hybridized carbons (Fsp3) is 0.550. The quantitative estimate of drug-likeness (QED) is 0.613. The molecule has 30 heavy (non-hydrogen) atoms. The van der Waals surface area contributed by atoms with Crippen molar-refractivity contribution in [2.75, 3.05) is 25.0 Å². The highest BCUT2D eigenvalue weighted by atomic mass is 19.4. The molecule has 0 spiro atoms. The van der Waals surface area contributed by atoms with Gasteiger partial charge in [-0.05, 0) is 46.2 Å². The molecule has 0 heterocycles. The summed E-state index contributed by atoms with van der Waals surface area (Å²) in [6.45, 7) is 6.90. The van der Waals surface area contributed by atoms with Crippen LogP contribution in [0.5, 0.6) is 0 Å². The predicted molar refractivity (Wildman–Crippen MR) is 106 cm³/mol. The van der Waals surface area contributed by atoms with E-state index >= 15 is 0 Å². The number of halogens is 3. The van der Waals surface area contributed by atoms with E-state index in [1.165, 1.54) is 17.0 Å². The molecule has 1 rings (SSSR count). The number of hydrogen-bond donors (Lipinski definition) is 2. The second-order valence-electron chi connectivity index (χ2n) is 7.53. The largest absolute Gasteiger partial charge is 0.444 e. The summed E-state index contributed by atoms with van der Waals surface area (Å²) in [5, 5.41) is 4.74. The van der Waals surface area contributed by atoms with Crippen molar-refractivity contribution < 1.29 is 32.3 Å². The molecule has 0 aliphatic carbocycles. The van der Waals surface area contributed by atoms with Crippen LogP contribution in [-0.4, -0.2) is 48.0 Å². The van der Waals surface area contributed by atoms with Gasteiger partial charge in [0.05, 0.1) is 17.8 Å². The number of ether oxygens (including phenoxy) is 1. The molecule has 0 saturated carbocycles. The van der Waals surface area contributed by atoms with Gasteiger partial charge in [0, 0.05) is 19.5 Å². The SMILES string of the molecule is CCN(CC(=O)Nc1ccccc1C(F)(F)F)C(=O)CCCNC(=O)OC(C)(C)C. The second kappa shape index (κ2) is 10.8. The van der Waals surface area contributed by atoms with Crippen molar-refractivity contribution in [3.63, 3.8) is 0 Å². The molecule has 0 aromatic heterocycles. The minimum atomic E-state index is -4.61. The number of carbonyl (C=O) groups excluding carboxylic acids is 3. The molecule has 0 fully saturated rings. The lowest BCUT2D eigenvalue weighted by atomic mass is 10.1. The number of nitrogens with one attached hydrogen (secondary N) is 2. The van der Waals surface area contributed by atoms with E-state index < -0.39 is 29.3 Å². The van der Waals surface area contributed by atoms with E-state index in [2.05, 4.69) is 10.6 Å². The van der Waals surface area contributed by atoms with E-state index in [9.17, 15) is 27.6 Å². The minimum absolute atomic E-state index is 0.0655. The Labute approximate surface area is 173 Å². The molecule has 168 valence electrons. The Kier molecular flexibility index (Phi) is 9.13. The van der Waals surface area contributed by atoms with Gasteiger partial charge in [-0.2, -0.15) is 13.2 Å². The van der Waals surface area contributed by atoms with Crippen LogP contribution in [0.15, 0.2) is 24.3 Å². The lowest BCUT2D eigenvalue weighted by Crippen LogP contribution is -2.38. The second-order valence-corrected chi connectivity index (χ2v) is 7.53. The summed E-state index contributed by atoms with van der Waals surface area (Å²) in [6, 6.07) is 4.63. The van der Waals surface area contributed by atoms with Crippen molar-refractivity contribution in [2.24, 2.45) is 0 Å². The van der Waals surface area contributed by atoms with Gasteiger partial charge in [0.25, 0.3) is 0 Å². The third-order valence-corrected chi connectivity index (χ3v) is 3.81. The van der Waals surface area contributed by atoms with E-state index in [-0.39, 0.29) is 37.6 Å². The number of alkyl halides is 3. The topological polar surface area (TPSA) is 87.7 Å². The third kappa shape index (κ3) is 9.15. The number of benzene rings is 1. The third-order valence-electron chi connectivity index (χ3n) is 3.81. The number of anilines is 1. The van der Waals surface area contributed by atoms with Crippen LogP contribution in [0, 0.1) is 0 Å². The summed E-state index contributed by atoms with van der Waals surface area (Å²) in [7, 11) is 0. The molecule has 0 radical (unpaired) electrons. The summed E-state index contributed by atoms with van der Waals surface area (Å²) >= 11 is 0. The van der Waals surface area contributed by atoms with Crippen LogP contribution in [0.2, 0.25) is 0 Å². The number of rotatable bonds is 8. The van der Waals surface area contributed by atoms with Gasteiger partial charge >= 0.3 is 12.3 Å². The van der Waals surface area contributed by atoms with Crippen LogP contribution >= 0.6 is 0 Å². The van der Waals surface area contributed by atoms with Crippen LogP contribution in [0.25, 0.3) is 0 Å². The minimum Gasteiger partial charge on any atom is -0.444 e. The standard InChI is InChI=1S/C20H28F3N3O4/c1-5-26(17(28)11-8-12-24-18(29)30-19(2,3)4)13-16(27)25-15-10-7-6-9-14(15)20(21,22)23/h6-7,9-10H,5,8,11-13H2,1-4H3,(H,24,29)(H,25,27). The summed E-state index contributed by atoms with van der Waals surface area (Å²) in [6.07, 6.45) is -4.81. The maximum atomic E-state index is 13.0. The van der Waals surface area contributed by atoms with Crippen molar-refractivity contribution in [1.82, 2.24) is 10.2 Å². The summed E-state index contributed by atoms with van der Waals surface area (Å²) in [5.74, 6) is -1.07. The molecule has 1 aromatic carbocycles. The summed E-state index contributed by atoms with van der Waals surface area (Å²) in [5.41, 5.74) is -1.95. The molecule has 3 amide bonds. The fourth-order valence-corrected chi connectivity index (χ4v) is 2.48. The van der Waals surface area contributed by atoms with Crippen molar-refractivity contribution in [2.45, 2.75) is 52.3 Å². The molecule has 0 bridgehead atoms. The highest BCUT2D eigenvalue weighted by Gasteiger charge is 2.33. The number of carbonyl (C=O) groups is 3. The van der Waals surface area contributed by atoms with Crippen molar-refractivity contribution in [3.8, 4) is 0 Å². The van der Waals surface area contributed by atoms with Crippen LogP contribution in [0.3, 0.4) is 0 Å². The van der Waals surface area contributed by atoms with E-state index in [4.69, 9.17) is 4.74 Å². The van der Waals surface area contributed by atoms with Gasteiger partial charge < -0.3 is 20.3 Å². The van der Waals surface area contributed by atoms with Crippen molar-refractivity contribution in [3.05, 3.63) is 29.8 Å². The number of nitrogens with zero attached hydrogens (tertiary/aromatic N) is 1. The molecule has 10 heteroatoms. The average Bonchev–Trinajstić information content (AvgIpc) is 2.61. The van der Waals surface area contributed by atoms with Crippen molar-refractivity contribution >= 4 is 23.6 Å². The zero-order valence-electron chi connectivity index (χ0n) is 17.6. The van der Waals surface area contributed by atoms with Crippen LogP contribution in [0.1, 0.15) is 46.1 Å². The zero-order valence-corrected chi connectivity index (χ0v) is 17.6. The number of alkyl carbamates (subject to hydrolysis) is 1. The predicted octanol–water partition coefficient (Wildman–Crippen LogP) is 3.80. The van der Waals surface area contributed by atoms with Gasteiger partial charge in [-0.1, -0.05) is 12.1 Å². The molecule has 0 aliphatic rings. The smallest absolute Gasteiger partial charge is 0.418 e. The van der Waals surface area contributed by atoms with Gasteiger partial charge in [0.1, 0.15) is 5.60 Å². The number of amides is 3. The van der Waals surface area contributed by atoms with E-state index in [1.54, 1.807) is 27.7 Å². The van der Waals surface area contributed by atoms with Crippen LogP contribution < -0.4 is 10.6 Å². The highest BCUT2D eigenvalue weighted by molar-refractivity contribution is 5.95. The van der Waals surface area contributed by atoms with E-state index in [0.717, 1.165) is 12.1 Å². The summed E-state index contributed by atoms with van der Waals surface area (Å²) in [4.78, 5) is 37.2. The zero-order chi connectivity index (χ0) is 22.9. The first-order valence-electron chi connectivity index (χ1n) is 9.54. The lowest BCUT2D eigenvalue weighted by Gasteiger charge is -2.21. The number of likely N-dealkylation sites (N-methyl/N-ethyl adjacent to an activating group) is 1.